The second kappa shape index (κ2) is 10.1. The molecule has 2 heterocycles. The van der Waals surface area contributed by atoms with Crippen molar-refractivity contribution >= 4 is 5.91 Å². The molecule has 1 aromatic heterocycles. The van der Waals surface area contributed by atoms with Crippen molar-refractivity contribution in [1.29, 1.82) is 0 Å². The first kappa shape index (κ1) is 22.9. The van der Waals surface area contributed by atoms with E-state index in [4.69, 9.17) is 9.47 Å². The number of amides is 1. The molecule has 1 fully saturated rings. The molecule has 1 aliphatic rings. The summed E-state index contributed by atoms with van der Waals surface area (Å²) in [4.78, 5) is 14.5. The summed E-state index contributed by atoms with van der Waals surface area (Å²) in [5.74, 6) is -1.37. The average Bonchev–Trinajstić information content (AvgIpc) is 3.43. The third kappa shape index (κ3) is 5.22. The molecule has 1 atom stereocenters. The van der Waals surface area contributed by atoms with Crippen LogP contribution in [0.4, 0.5) is 8.78 Å². The van der Waals surface area contributed by atoms with E-state index in [2.05, 4.69) is 5.10 Å². The largest absolute Gasteiger partial charge is 0.435 e. The molecule has 8 heteroatoms. The molecule has 0 unspecified atom stereocenters. The molecule has 4 rings (SSSR count). The number of ether oxygens (including phenoxy) is 2. The Balaban J connectivity index is 1.74. The summed E-state index contributed by atoms with van der Waals surface area (Å²) in [6.07, 6.45) is 2.22. The van der Waals surface area contributed by atoms with Gasteiger partial charge in [-0.1, -0.05) is 25.1 Å². The van der Waals surface area contributed by atoms with Crippen LogP contribution in [-0.2, 0) is 16.1 Å². The Morgan fingerprint density at radius 3 is 2.70 bits per heavy atom. The van der Waals surface area contributed by atoms with Crippen LogP contribution < -0.4 is 4.74 Å². The van der Waals surface area contributed by atoms with Gasteiger partial charge in [-0.05, 0) is 44.0 Å². The average molecular weight is 456 g/mol. The maximum Gasteiger partial charge on any atom is 0.228 e. The van der Waals surface area contributed by atoms with E-state index in [0.717, 1.165) is 30.7 Å². The van der Waals surface area contributed by atoms with E-state index in [-0.39, 0.29) is 30.2 Å². The van der Waals surface area contributed by atoms with Crippen molar-refractivity contribution in [3.63, 3.8) is 0 Å². The predicted molar refractivity (Wildman–Crippen MR) is 119 cm³/mol. The van der Waals surface area contributed by atoms with E-state index in [1.165, 1.54) is 6.07 Å². The monoisotopic (exact) mass is 455 g/mol. The van der Waals surface area contributed by atoms with Crippen molar-refractivity contribution in [2.45, 2.75) is 45.8 Å². The first-order valence-corrected chi connectivity index (χ1v) is 11.1. The van der Waals surface area contributed by atoms with Crippen LogP contribution in [0.15, 0.2) is 48.5 Å². The van der Waals surface area contributed by atoms with Crippen molar-refractivity contribution in [3.8, 4) is 17.3 Å². The van der Waals surface area contributed by atoms with Crippen LogP contribution in [0.3, 0.4) is 0 Å². The van der Waals surface area contributed by atoms with Crippen molar-refractivity contribution in [3.05, 3.63) is 71.4 Å². The van der Waals surface area contributed by atoms with Gasteiger partial charge in [-0.2, -0.15) is 5.10 Å². The van der Waals surface area contributed by atoms with Crippen LogP contribution in [0.1, 0.15) is 37.4 Å². The van der Waals surface area contributed by atoms with Gasteiger partial charge in [-0.15, -0.1) is 0 Å². The number of benzene rings is 2. The zero-order valence-electron chi connectivity index (χ0n) is 18.8. The lowest BCUT2D eigenvalue weighted by molar-refractivity contribution is -0.133. The molecule has 0 spiro atoms. The number of rotatable bonds is 8. The van der Waals surface area contributed by atoms with Gasteiger partial charge in [-0.3, -0.25) is 4.79 Å². The molecule has 6 nitrogen and oxygen atoms in total. The van der Waals surface area contributed by atoms with Crippen LogP contribution in [-0.4, -0.2) is 39.8 Å². The number of aryl methyl sites for hydroxylation is 1. The standard InChI is InChI=1S/C25H27F2N3O3/c1-3-24(31)29(15-20-10-7-13-32-20)16-21-17(2)28-30(19-8-5-4-6-9-19)25(21)33-23-12-11-18(26)14-22(23)27/h4-6,8-9,11-12,14,20H,3,7,10,13,15-16H2,1-2H3/t20-/m1/s1. The predicted octanol–water partition coefficient (Wildman–Crippen LogP) is 5.17. The van der Waals surface area contributed by atoms with Gasteiger partial charge < -0.3 is 14.4 Å². The number of aromatic nitrogens is 2. The third-order valence-corrected chi connectivity index (χ3v) is 5.69. The van der Waals surface area contributed by atoms with Crippen molar-refractivity contribution in [2.24, 2.45) is 0 Å². The normalized spacial score (nSPS) is 15.6. The second-order valence-corrected chi connectivity index (χ2v) is 8.06. The van der Waals surface area contributed by atoms with Crippen LogP contribution in [0.2, 0.25) is 0 Å². The Hall–Kier alpha value is -3.26. The topological polar surface area (TPSA) is 56.6 Å². The van der Waals surface area contributed by atoms with E-state index in [0.29, 0.717) is 30.8 Å². The lowest BCUT2D eigenvalue weighted by Gasteiger charge is -2.25. The summed E-state index contributed by atoms with van der Waals surface area (Å²) in [5, 5.41) is 4.62. The summed E-state index contributed by atoms with van der Waals surface area (Å²) in [5.41, 5.74) is 2.02. The van der Waals surface area contributed by atoms with Gasteiger partial charge in [-0.25, -0.2) is 13.5 Å². The van der Waals surface area contributed by atoms with Gasteiger partial charge in [0.05, 0.1) is 29.6 Å². The fourth-order valence-electron chi connectivity index (χ4n) is 3.93. The molecule has 33 heavy (non-hydrogen) atoms. The van der Waals surface area contributed by atoms with Crippen LogP contribution in [0.5, 0.6) is 11.6 Å². The highest BCUT2D eigenvalue weighted by atomic mass is 19.1. The van der Waals surface area contributed by atoms with E-state index < -0.39 is 11.6 Å². The number of para-hydroxylation sites is 1. The van der Waals surface area contributed by atoms with E-state index in [1.54, 1.807) is 9.58 Å². The highest BCUT2D eigenvalue weighted by Gasteiger charge is 2.27. The van der Waals surface area contributed by atoms with Crippen LogP contribution >= 0.6 is 0 Å². The number of carbonyl (C=O) groups is 1. The number of nitrogens with zero attached hydrogens (tertiary/aromatic N) is 3. The molecule has 0 bridgehead atoms. The minimum atomic E-state index is -0.819. The fraction of sp³-hybridized carbons (Fsp3) is 0.360. The Morgan fingerprint density at radius 1 is 1.24 bits per heavy atom. The molecule has 0 aliphatic carbocycles. The van der Waals surface area contributed by atoms with Gasteiger partial charge in [0.1, 0.15) is 5.82 Å². The molecule has 0 radical (unpaired) electrons. The zero-order valence-corrected chi connectivity index (χ0v) is 18.8. The van der Waals surface area contributed by atoms with Crippen LogP contribution in [0, 0.1) is 18.6 Å². The summed E-state index contributed by atoms with van der Waals surface area (Å²) >= 11 is 0. The van der Waals surface area contributed by atoms with E-state index >= 15 is 0 Å². The van der Waals surface area contributed by atoms with Gasteiger partial charge in [0.2, 0.25) is 11.8 Å². The smallest absolute Gasteiger partial charge is 0.228 e. The summed E-state index contributed by atoms with van der Waals surface area (Å²) in [7, 11) is 0. The molecule has 1 aliphatic heterocycles. The van der Waals surface area contributed by atoms with Crippen molar-refractivity contribution in [2.75, 3.05) is 13.2 Å². The van der Waals surface area contributed by atoms with Gasteiger partial charge in [0, 0.05) is 25.6 Å². The van der Waals surface area contributed by atoms with Crippen LogP contribution in [0.25, 0.3) is 5.69 Å². The molecule has 0 N–H and O–H groups in total. The Labute approximate surface area is 191 Å². The number of hydrogen-bond acceptors (Lipinski definition) is 4. The first-order valence-electron chi connectivity index (χ1n) is 11.1. The highest BCUT2D eigenvalue weighted by Crippen LogP contribution is 2.33. The molecule has 1 amide bonds. The Morgan fingerprint density at radius 2 is 2.03 bits per heavy atom. The van der Waals surface area contributed by atoms with Crippen molar-refractivity contribution in [1.82, 2.24) is 14.7 Å². The van der Waals surface area contributed by atoms with E-state index in [9.17, 15) is 13.6 Å². The Kier molecular flexibility index (Phi) is 7.03. The maximum atomic E-state index is 14.4. The highest BCUT2D eigenvalue weighted by molar-refractivity contribution is 5.76. The number of carbonyl (C=O) groups excluding carboxylic acids is 1. The molecule has 0 saturated carbocycles. The summed E-state index contributed by atoms with van der Waals surface area (Å²) in [6, 6.07) is 12.5. The first-order chi connectivity index (χ1) is 16.0. The minimum Gasteiger partial charge on any atom is -0.435 e. The zero-order chi connectivity index (χ0) is 23.4. The molecular weight excluding hydrogens is 428 g/mol. The molecule has 2 aromatic carbocycles. The maximum absolute atomic E-state index is 14.4. The molecular formula is C25H27F2N3O3. The second-order valence-electron chi connectivity index (χ2n) is 8.06. The Bertz CT molecular complexity index is 1110. The minimum absolute atomic E-state index is 0.0103. The van der Waals surface area contributed by atoms with Gasteiger partial charge in [0.15, 0.2) is 11.6 Å². The lowest BCUT2D eigenvalue weighted by Crippen LogP contribution is -2.36. The van der Waals surface area contributed by atoms with Gasteiger partial charge in [0.25, 0.3) is 0 Å². The number of hydrogen-bond donors (Lipinski definition) is 0. The summed E-state index contributed by atoms with van der Waals surface area (Å²) in [6.45, 7) is 5.04. The molecule has 174 valence electrons. The summed E-state index contributed by atoms with van der Waals surface area (Å²) < 4.78 is 41.2. The number of halogens is 2. The van der Waals surface area contributed by atoms with E-state index in [1.807, 2.05) is 44.2 Å². The quantitative estimate of drug-likeness (QED) is 0.470. The lowest BCUT2D eigenvalue weighted by atomic mass is 10.2. The SMILES string of the molecule is CCC(=O)N(Cc1c(C)nn(-c2ccccc2)c1Oc1ccc(F)cc1F)C[C@H]1CCCO1. The fourth-order valence-corrected chi connectivity index (χ4v) is 3.93. The molecule has 1 saturated heterocycles. The van der Waals surface area contributed by atoms with Crippen molar-refractivity contribution < 1.29 is 23.0 Å². The molecule has 3 aromatic rings. The third-order valence-electron chi connectivity index (χ3n) is 5.69. The van der Waals surface area contributed by atoms with Gasteiger partial charge >= 0.3 is 0 Å².